The van der Waals surface area contributed by atoms with Gasteiger partial charge in [-0.05, 0) is 64.6 Å². The first-order valence-electron chi connectivity index (χ1n) is 7.96. The molecule has 3 heteroatoms. The van der Waals surface area contributed by atoms with Gasteiger partial charge in [0.05, 0.1) is 6.10 Å². The molecule has 2 unspecified atom stereocenters. The third kappa shape index (κ3) is 4.87. The van der Waals surface area contributed by atoms with Crippen molar-refractivity contribution in [2.24, 2.45) is 0 Å². The molecule has 0 aromatic carbocycles. The third-order valence-corrected chi connectivity index (χ3v) is 4.21. The predicted octanol–water partition coefficient (Wildman–Crippen LogP) is 2.41. The largest absolute Gasteiger partial charge is 0.378 e. The molecule has 0 aromatic rings. The molecule has 0 spiro atoms. The predicted molar refractivity (Wildman–Crippen MR) is 76.0 cm³/mol. The standard InChI is InChI=1S/C15H30N2O/c1-2-9-16-14-6-3-10-17(13-14)11-4-7-15-8-5-12-18-15/h14-16H,2-13H2,1H3. The molecule has 3 nitrogen and oxygen atoms in total. The van der Waals surface area contributed by atoms with Crippen molar-refractivity contribution in [1.82, 2.24) is 10.2 Å². The molecule has 18 heavy (non-hydrogen) atoms. The number of likely N-dealkylation sites (tertiary alicyclic amines) is 1. The summed E-state index contributed by atoms with van der Waals surface area (Å²) in [6, 6.07) is 0.737. The molecule has 0 aromatic heterocycles. The fraction of sp³-hybridized carbons (Fsp3) is 1.00. The highest BCUT2D eigenvalue weighted by Gasteiger charge is 2.20. The average Bonchev–Trinajstić information content (AvgIpc) is 2.90. The lowest BCUT2D eigenvalue weighted by Crippen LogP contribution is -2.46. The molecule has 0 radical (unpaired) electrons. The van der Waals surface area contributed by atoms with Gasteiger partial charge in [0.2, 0.25) is 0 Å². The van der Waals surface area contributed by atoms with Crippen LogP contribution >= 0.6 is 0 Å². The number of hydrogen-bond acceptors (Lipinski definition) is 3. The molecule has 2 atom stereocenters. The lowest BCUT2D eigenvalue weighted by Gasteiger charge is -2.33. The van der Waals surface area contributed by atoms with Gasteiger partial charge < -0.3 is 15.0 Å². The zero-order valence-electron chi connectivity index (χ0n) is 12.0. The molecule has 0 aliphatic carbocycles. The van der Waals surface area contributed by atoms with E-state index in [4.69, 9.17) is 4.74 Å². The van der Waals surface area contributed by atoms with E-state index in [1.165, 1.54) is 71.1 Å². The fourth-order valence-corrected chi connectivity index (χ4v) is 3.19. The van der Waals surface area contributed by atoms with E-state index in [2.05, 4.69) is 17.1 Å². The zero-order valence-corrected chi connectivity index (χ0v) is 12.0. The topological polar surface area (TPSA) is 24.5 Å². The first-order valence-corrected chi connectivity index (χ1v) is 7.96. The molecule has 0 amide bonds. The van der Waals surface area contributed by atoms with Crippen LogP contribution in [0.5, 0.6) is 0 Å². The monoisotopic (exact) mass is 254 g/mol. The molecule has 2 aliphatic rings. The summed E-state index contributed by atoms with van der Waals surface area (Å²) in [5.74, 6) is 0. The van der Waals surface area contributed by atoms with Crippen LogP contribution in [0.25, 0.3) is 0 Å². The van der Waals surface area contributed by atoms with Gasteiger partial charge in [0.25, 0.3) is 0 Å². The van der Waals surface area contributed by atoms with Crippen molar-refractivity contribution in [3.8, 4) is 0 Å². The van der Waals surface area contributed by atoms with Crippen LogP contribution in [0.1, 0.15) is 51.9 Å². The van der Waals surface area contributed by atoms with Crippen LogP contribution in [-0.4, -0.2) is 49.8 Å². The lowest BCUT2D eigenvalue weighted by atomic mass is 10.0. The molecular weight excluding hydrogens is 224 g/mol. The van der Waals surface area contributed by atoms with E-state index in [1.807, 2.05) is 0 Å². The first-order chi connectivity index (χ1) is 8.88. The molecule has 0 saturated carbocycles. The van der Waals surface area contributed by atoms with Gasteiger partial charge in [-0.1, -0.05) is 6.92 Å². The molecule has 1 N–H and O–H groups in total. The van der Waals surface area contributed by atoms with Gasteiger partial charge in [-0.15, -0.1) is 0 Å². The SMILES string of the molecule is CCCNC1CCCN(CCCC2CCCO2)C1. The van der Waals surface area contributed by atoms with E-state index >= 15 is 0 Å². The average molecular weight is 254 g/mol. The maximum absolute atomic E-state index is 5.69. The van der Waals surface area contributed by atoms with E-state index in [-0.39, 0.29) is 0 Å². The van der Waals surface area contributed by atoms with Crippen LogP contribution in [0.2, 0.25) is 0 Å². The minimum atomic E-state index is 0.573. The highest BCUT2D eigenvalue weighted by molar-refractivity contribution is 4.78. The van der Waals surface area contributed by atoms with Crippen LogP contribution in [0, 0.1) is 0 Å². The summed E-state index contributed by atoms with van der Waals surface area (Å²) in [7, 11) is 0. The Morgan fingerprint density at radius 3 is 3.00 bits per heavy atom. The van der Waals surface area contributed by atoms with Crippen molar-refractivity contribution in [2.75, 3.05) is 32.8 Å². The van der Waals surface area contributed by atoms with E-state index in [9.17, 15) is 0 Å². The second-order valence-corrected chi connectivity index (χ2v) is 5.87. The molecule has 2 saturated heterocycles. The number of hydrogen-bond donors (Lipinski definition) is 1. The summed E-state index contributed by atoms with van der Waals surface area (Å²) < 4.78 is 5.69. The van der Waals surface area contributed by atoms with E-state index in [0.29, 0.717) is 6.10 Å². The second-order valence-electron chi connectivity index (χ2n) is 5.87. The molecule has 2 aliphatic heterocycles. The minimum Gasteiger partial charge on any atom is -0.378 e. The Bertz CT molecular complexity index is 217. The molecule has 0 bridgehead atoms. The van der Waals surface area contributed by atoms with Crippen molar-refractivity contribution in [1.29, 1.82) is 0 Å². The Morgan fingerprint density at radius 2 is 2.22 bits per heavy atom. The van der Waals surface area contributed by atoms with Gasteiger partial charge in [0.15, 0.2) is 0 Å². The minimum absolute atomic E-state index is 0.573. The van der Waals surface area contributed by atoms with Crippen molar-refractivity contribution in [3.63, 3.8) is 0 Å². The van der Waals surface area contributed by atoms with Crippen LogP contribution in [0.3, 0.4) is 0 Å². The second kappa shape index (κ2) is 8.13. The lowest BCUT2D eigenvalue weighted by molar-refractivity contribution is 0.0963. The maximum atomic E-state index is 5.69. The van der Waals surface area contributed by atoms with Crippen molar-refractivity contribution < 1.29 is 4.74 Å². The summed E-state index contributed by atoms with van der Waals surface area (Å²) in [5, 5.41) is 3.67. The van der Waals surface area contributed by atoms with Gasteiger partial charge in [-0.2, -0.15) is 0 Å². The summed E-state index contributed by atoms with van der Waals surface area (Å²) in [4.78, 5) is 2.64. The summed E-state index contributed by atoms with van der Waals surface area (Å²) in [6.45, 7) is 8.24. The highest BCUT2D eigenvalue weighted by atomic mass is 16.5. The number of nitrogens with zero attached hydrogens (tertiary/aromatic N) is 1. The van der Waals surface area contributed by atoms with Gasteiger partial charge in [0.1, 0.15) is 0 Å². The molecular formula is C15H30N2O. The maximum Gasteiger partial charge on any atom is 0.0576 e. The Morgan fingerprint density at radius 1 is 1.28 bits per heavy atom. The number of nitrogens with one attached hydrogen (secondary N) is 1. The number of ether oxygens (including phenoxy) is 1. The Hall–Kier alpha value is -0.120. The van der Waals surface area contributed by atoms with Crippen molar-refractivity contribution in [2.45, 2.75) is 64.0 Å². The highest BCUT2D eigenvalue weighted by Crippen LogP contribution is 2.18. The fourth-order valence-electron chi connectivity index (χ4n) is 3.19. The number of piperidine rings is 1. The van der Waals surface area contributed by atoms with Gasteiger partial charge in [-0.3, -0.25) is 0 Å². The summed E-state index contributed by atoms with van der Waals surface area (Å²) in [6.07, 6.45) is 9.69. The Kier molecular flexibility index (Phi) is 6.46. The smallest absolute Gasteiger partial charge is 0.0576 e. The Labute approximate surface area is 112 Å². The first kappa shape index (κ1) is 14.3. The van der Waals surface area contributed by atoms with Crippen LogP contribution in [0.4, 0.5) is 0 Å². The van der Waals surface area contributed by atoms with Crippen molar-refractivity contribution >= 4 is 0 Å². The van der Waals surface area contributed by atoms with E-state index in [1.54, 1.807) is 0 Å². The Balaban J connectivity index is 1.57. The summed E-state index contributed by atoms with van der Waals surface area (Å²) >= 11 is 0. The third-order valence-electron chi connectivity index (χ3n) is 4.21. The summed E-state index contributed by atoms with van der Waals surface area (Å²) in [5.41, 5.74) is 0. The quantitative estimate of drug-likeness (QED) is 0.755. The normalized spacial score (nSPS) is 29.8. The van der Waals surface area contributed by atoms with Crippen LogP contribution in [-0.2, 0) is 4.74 Å². The van der Waals surface area contributed by atoms with Crippen LogP contribution < -0.4 is 5.32 Å². The zero-order chi connectivity index (χ0) is 12.6. The van der Waals surface area contributed by atoms with Gasteiger partial charge in [0, 0.05) is 19.2 Å². The molecule has 2 fully saturated rings. The van der Waals surface area contributed by atoms with Gasteiger partial charge >= 0.3 is 0 Å². The molecule has 2 heterocycles. The van der Waals surface area contributed by atoms with E-state index < -0.39 is 0 Å². The number of rotatable bonds is 7. The van der Waals surface area contributed by atoms with E-state index in [0.717, 1.165) is 12.6 Å². The molecule has 2 rings (SSSR count). The van der Waals surface area contributed by atoms with Gasteiger partial charge in [-0.25, -0.2) is 0 Å². The van der Waals surface area contributed by atoms with Crippen molar-refractivity contribution in [3.05, 3.63) is 0 Å². The molecule has 106 valence electrons. The van der Waals surface area contributed by atoms with Crippen LogP contribution in [0.15, 0.2) is 0 Å².